The molecule has 0 aliphatic heterocycles. The lowest BCUT2D eigenvalue weighted by atomic mass is 10.0. The SMILES string of the molecule is CCCCCCCCCCCCCCCCCCC(=O)O[C@H](COC(=O)CCCCCCCCCCCC(C)C)COP(=O)(O)OC[C@@H](O)COP(=O)(O)OC[C@@H](COC(=O)CCCCCCC)OC(=O)CCCCCCCCCCCCC. The van der Waals surface area contributed by atoms with Crippen LogP contribution in [0.25, 0.3) is 0 Å². The molecule has 498 valence electrons. The molecule has 2 unspecified atom stereocenters. The Hall–Kier alpha value is -1.94. The van der Waals surface area contributed by atoms with Gasteiger partial charge in [-0.25, -0.2) is 9.13 Å². The molecule has 5 atom stereocenters. The average Bonchev–Trinajstić information content (AvgIpc) is 3.58. The molecule has 0 aromatic heterocycles. The van der Waals surface area contributed by atoms with Crippen LogP contribution in [0.15, 0.2) is 0 Å². The number of carbonyl (C=O) groups is 4. The number of phosphoric ester groups is 2. The number of hydrogen-bond acceptors (Lipinski definition) is 15. The topological polar surface area (TPSA) is 237 Å². The van der Waals surface area contributed by atoms with Gasteiger partial charge in [0.25, 0.3) is 0 Å². The van der Waals surface area contributed by atoms with Crippen LogP contribution in [0.5, 0.6) is 0 Å². The summed E-state index contributed by atoms with van der Waals surface area (Å²) in [6, 6.07) is 0. The molecule has 0 rings (SSSR count). The molecule has 0 saturated carbocycles. The number of rotatable bonds is 65. The molecule has 0 spiro atoms. The zero-order chi connectivity index (χ0) is 62.0. The van der Waals surface area contributed by atoms with Crippen LogP contribution in [0, 0.1) is 5.92 Å². The van der Waals surface area contributed by atoms with E-state index < -0.39 is 97.5 Å². The Labute approximate surface area is 511 Å². The lowest BCUT2D eigenvalue weighted by molar-refractivity contribution is -0.161. The van der Waals surface area contributed by atoms with Crippen molar-refractivity contribution in [1.29, 1.82) is 0 Å². The monoisotopic (exact) mass is 1240 g/mol. The lowest BCUT2D eigenvalue weighted by Gasteiger charge is -2.21. The maximum absolute atomic E-state index is 13.0. The maximum atomic E-state index is 13.0. The van der Waals surface area contributed by atoms with Crippen molar-refractivity contribution in [2.45, 2.75) is 348 Å². The summed E-state index contributed by atoms with van der Waals surface area (Å²) < 4.78 is 67.9. The molecule has 0 aromatic rings. The van der Waals surface area contributed by atoms with Gasteiger partial charge in [-0.1, -0.05) is 279 Å². The molecule has 84 heavy (non-hydrogen) atoms. The molecule has 17 nitrogen and oxygen atoms in total. The van der Waals surface area contributed by atoms with Crippen molar-refractivity contribution in [1.82, 2.24) is 0 Å². The van der Waals surface area contributed by atoms with E-state index in [-0.39, 0.29) is 25.7 Å². The zero-order valence-corrected chi connectivity index (χ0v) is 55.8. The van der Waals surface area contributed by atoms with Gasteiger partial charge in [-0.05, 0) is 31.6 Å². The van der Waals surface area contributed by atoms with Crippen molar-refractivity contribution in [2.24, 2.45) is 5.92 Å². The number of unbranched alkanes of at least 4 members (excludes halogenated alkanes) is 37. The second-order valence-electron chi connectivity index (χ2n) is 24.0. The summed E-state index contributed by atoms with van der Waals surface area (Å²) in [4.78, 5) is 72.0. The first-order chi connectivity index (χ1) is 40.5. The second-order valence-corrected chi connectivity index (χ2v) is 26.9. The van der Waals surface area contributed by atoms with E-state index in [0.29, 0.717) is 25.7 Å². The first kappa shape index (κ1) is 82.1. The molecule has 19 heteroatoms. The number of aliphatic hydroxyl groups is 1. The minimum Gasteiger partial charge on any atom is -0.462 e. The summed E-state index contributed by atoms with van der Waals surface area (Å²) in [6.45, 7) is 7.10. The van der Waals surface area contributed by atoms with E-state index in [9.17, 15) is 43.2 Å². The third-order valence-corrected chi connectivity index (χ3v) is 16.9. The normalized spacial score (nSPS) is 14.2. The summed E-state index contributed by atoms with van der Waals surface area (Å²) in [5.74, 6) is -1.40. The molecule has 0 radical (unpaired) electrons. The largest absolute Gasteiger partial charge is 0.472 e. The molecule has 0 saturated heterocycles. The Kier molecular flexibility index (Phi) is 57.4. The highest BCUT2D eigenvalue weighted by Crippen LogP contribution is 2.45. The first-order valence-electron chi connectivity index (χ1n) is 34.1. The van der Waals surface area contributed by atoms with Crippen LogP contribution in [-0.2, 0) is 65.4 Å². The molecule has 0 bridgehead atoms. The molecule has 0 aliphatic carbocycles. The third kappa shape index (κ3) is 59.0. The van der Waals surface area contributed by atoms with Crippen LogP contribution < -0.4 is 0 Å². The van der Waals surface area contributed by atoms with Gasteiger partial charge in [-0.3, -0.25) is 37.3 Å². The third-order valence-electron chi connectivity index (χ3n) is 15.0. The summed E-state index contributed by atoms with van der Waals surface area (Å²) >= 11 is 0. The summed E-state index contributed by atoms with van der Waals surface area (Å²) in [5.41, 5.74) is 0. The Morgan fingerprint density at radius 1 is 0.321 bits per heavy atom. The van der Waals surface area contributed by atoms with Gasteiger partial charge in [0.15, 0.2) is 12.2 Å². The number of phosphoric acid groups is 2. The van der Waals surface area contributed by atoms with Crippen molar-refractivity contribution in [3.05, 3.63) is 0 Å². The van der Waals surface area contributed by atoms with Crippen LogP contribution in [0.1, 0.15) is 330 Å². The van der Waals surface area contributed by atoms with E-state index in [1.807, 2.05) is 0 Å². The van der Waals surface area contributed by atoms with Crippen LogP contribution in [0.3, 0.4) is 0 Å². The number of carbonyl (C=O) groups excluding carboxylic acids is 4. The maximum Gasteiger partial charge on any atom is 0.472 e. The van der Waals surface area contributed by atoms with Crippen molar-refractivity contribution in [3.63, 3.8) is 0 Å². The van der Waals surface area contributed by atoms with E-state index in [1.165, 1.54) is 148 Å². The lowest BCUT2D eigenvalue weighted by Crippen LogP contribution is -2.30. The van der Waals surface area contributed by atoms with Crippen molar-refractivity contribution >= 4 is 39.5 Å². The fourth-order valence-electron chi connectivity index (χ4n) is 9.76. The Morgan fingerprint density at radius 2 is 0.548 bits per heavy atom. The van der Waals surface area contributed by atoms with Gasteiger partial charge in [0.1, 0.15) is 19.3 Å². The molecule has 0 aromatic carbocycles. The van der Waals surface area contributed by atoms with Gasteiger partial charge in [-0.2, -0.15) is 0 Å². The van der Waals surface area contributed by atoms with Crippen LogP contribution in [0.2, 0.25) is 0 Å². The quantitative estimate of drug-likeness (QED) is 0.0222. The molecule has 0 amide bonds. The molecule has 0 fully saturated rings. The van der Waals surface area contributed by atoms with Crippen LogP contribution in [0.4, 0.5) is 0 Å². The summed E-state index contributed by atoms with van der Waals surface area (Å²) in [5, 5.41) is 10.5. The number of hydrogen-bond donors (Lipinski definition) is 3. The fourth-order valence-corrected chi connectivity index (χ4v) is 11.3. The number of ether oxygens (including phenoxy) is 4. The average molecular weight is 1240 g/mol. The Morgan fingerprint density at radius 3 is 0.810 bits per heavy atom. The molecule has 3 N–H and O–H groups in total. The van der Waals surface area contributed by atoms with Crippen molar-refractivity contribution in [2.75, 3.05) is 39.6 Å². The van der Waals surface area contributed by atoms with Crippen molar-refractivity contribution in [3.8, 4) is 0 Å². The number of aliphatic hydroxyl groups excluding tert-OH is 1. The molecular formula is C65H126O17P2. The van der Waals surface area contributed by atoms with Crippen LogP contribution >= 0.6 is 15.6 Å². The summed E-state index contributed by atoms with van der Waals surface area (Å²) in [7, 11) is -9.88. The zero-order valence-electron chi connectivity index (χ0n) is 54.0. The Bertz CT molecular complexity index is 1640. The molecular weight excluding hydrogens is 1110 g/mol. The highest BCUT2D eigenvalue weighted by Gasteiger charge is 2.30. The highest BCUT2D eigenvalue weighted by atomic mass is 31.2. The van der Waals surface area contributed by atoms with E-state index in [1.54, 1.807) is 0 Å². The molecule has 0 aliphatic rings. The Balaban J connectivity index is 5.16. The van der Waals surface area contributed by atoms with Gasteiger partial charge in [-0.15, -0.1) is 0 Å². The van der Waals surface area contributed by atoms with E-state index in [4.69, 9.17) is 37.0 Å². The van der Waals surface area contributed by atoms with E-state index >= 15 is 0 Å². The predicted octanol–water partition coefficient (Wildman–Crippen LogP) is 18.2. The van der Waals surface area contributed by atoms with E-state index in [2.05, 4.69) is 34.6 Å². The predicted molar refractivity (Wildman–Crippen MR) is 335 cm³/mol. The minimum atomic E-state index is -4.94. The van der Waals surface area contributed by atoms with Crippen LogP contribution in [-0.4, -0.2) is 96.7 Å². The van der Waals surface area contributed by atoms with Crippen molar-refractivity contribution < 1.29 is 80.2 Å². The summed E-state index contributed by atoms with van der Waals surface area (Å²) in [6.07, 6.45) is 43.4. The standard InChI is InChI=1S/C65H126O17P2/c1-6-9-12-15-17-19-21-22-23-24-25-27-31-36-41-46-51-65(70)82-61(55-76-63(68)49-44-39-34-32-28-29-33-38-42-47-58(4)5)57-80-84(73,74)78-53-59(66)52-77-83(71,72)79-56-60(54-75-62(67)48-43-37-14-11-8-3)81-64(69)50-45-40-35-30-26-20-18-16-13-10-7-2/h58-61,66H,6-57H2,1-5H3,(H,71,72)(H,73,74)/t59-,60+,61+/m0/s1. The van der Waals surface area contributed by atoms with Gasteiger partial charge >= 0.3 is 39.5 Å². The second kappa shape index (κ2) is 58.7. The smallest absolute Gasteiger partial charge is 0.462 e. The van der Waals surface area contributed by atoms with E-state index in [0.717, 1.165) is 102 Å². The van der Waals surface area contributed by atoms with Gasteiger partial charge in [0, 0.05) is 25.7 Å². The first-order valence-corrected chi connectivity index (χ1v) is 37.1. The fraction of sp³-hybridized carbons (Fsp3) is 0.938. The van der Waals surface area contributed by atoms with Gasteiger partial charge < -0.3 is 33.8 Å². The minimum absolute atomic E-state index is 0.106. The molecule has 0 heterocycles. The van der Waals surface area contributed by atoms with Gasteiger partial charge in [0.2, 0.25) is 0 Å². The highest BCUT2D eigenvalue weighted by molar-refractivity contribution is 7.47. The van der Waals surface area contributed by atoms with Gasteiger partial charge in [0.05, 0.1) is 26.4 Å². The number of esters is 4.